The van der Waals surface area contributed by atoms with Gasteiger partial charge in [0.25, 0.3) is 0 Å². The Labute approximate surface area is 131 Å². The first-order valence-corrected chi connectivity index (χ1v) is 7.83. The number of nitriles is 2. The van der Waals surface area contributed by atoms with Crippen molar-refractivity contribution < 1.29 is 9.18 Å². The lowest BCUT2D eigenvalue weighted by atomic mass is 9.77. The Morgan fingerprint density at radius 3 is 2.77 bits per heavy atom. The normalized spacial score (nSPS) is 33.4. The van der Waals surface area contributed by atoms with Gasteiger partial charge in [-0.05, 0) is 24.2 Å². The molecule has 0 spiro atoms. The Kier molecular flexibility index (Phi) is 5.03. The van der Waals surface area contributed by atoms with Crippen LogP contribution in [0.15, 0.2) is 0 Å². The van der Waals surface area contributed by atoms with Crippen molar-refractivity contribution in [3.63, 3.8) is 0 Å². The lowest BCUT2D eigenvalue weighted by Crippen LogP contribution is -2.47. The number of hydrogen-bond acceptors (Lipinski definition) is 4. The van der Waals surface area contributed by atoms with Gasteiger partial charge < -0.3 is 10.2 Å². The van der Waals surface area contributed by atoms with Crippen LogP contribution in [-0.2, 0) is 4.79 Å². The van der Waals surface area contributed by atoms with Gasteiger partial charge >= 0.3 is 0 Å². The molecule has 2 rings (SSSR count). The van der Waals surface area contributed by atoms with Gasteiger partial charge in [-0.25, -0.2) is 4.39 Å². The fraction of sp³-hybridized carbons (Fsp3) is 0.812. The molecule has 6 heteroatoms. The van der Waals surface area contributed by atoms with Crippen molar-refractivity contribution in [3.05, 3.63) is 0 Å². The van der Waals surface area contributed by atoms with Crippen molar-refractivity contribution in [1.29, 1.82) is 10.5 Å². The summed E-state index contributed by atoms with van der Waals surface area (Å²) in [5, 5.41) is 21.2. The molecule has 22 heavy (non-hydrogen) atoms. The molecule has 0 aromatic rings. The number of hydrogen-bond donors (Lipinski definition) is 1. The summed E-state index contributed by atoms with van der Waals surface area (Å²) >= 11 is 0. The van der Waals surface area contributed by atoms with Gasteiger partial charge in [-0.3, -0.25) is 4.79 Å². The number of carbonyl (C=O) groups is 1. The van der Waals surface area contributed by atoms with Gasteiger partial charge in [0.15, 0.2) is 0 Å². The van der Waals surface area contributed by atoms with Crippen LogP contribution in [0.2, 0.25) is 0 Å². The largest absolute Gasteiger partial charge is 0.323 e. The first-order chi connectivity index (χ1) is 10.4. The van der Waals surface area contributed by atoms with E-state index >= 15 is 0 Å². The lowest BCUT2D eigenvalue weighted by molar-refractivity contribution is -0.130. The summed E-state index contributed by atoms with van der Waals surface area (Å²) in [6.45, 7) is 4.38. The number of nitrogens with zero attached hydrogens (tertiary/aromatic N) is 3. The average molecular weight is 306 g/mol. The topological polar surface area (TPSA) is 79.9 Å². The van der Waals surface area contributed by atoms with Gasteiger partial charge in [0.05, 0.1) is 25.2 Å². The van der Waals surface area contributed by atoms with Gasteiger partial charge in [-0.1, -0.05) is 13.8 Å². The minimum Gasteiger partial charge on any atom is -0.323 e. The van der Waals surface area contributed by atoms with Crippen LogP contribution in [0, 0.1) is 34.0 Å². The third kappa shape index (κ3) is 3.23. The van der Waals surface area contributed by atoms with Crippen molar-refractivity contribution in [2.24, 2.45) is 11.3 Å². The quantitative estimate of drug-likeness (QED) is 0.858. The Morgan fingerprint density at radius 1 is 1.41 bits per heavy atom. The second-order valence-corrected chi connectivity index (χ2v) is 6.92. The predicted molar refractivity (Wildman–Crippen MR) is 79.2 cm³/mol. The van der Waals surface area contributed by atoms with E-state index in [4.69, 9.17) is 10.5 Å². The molecule has 1 saturated heterocycles. The fourth-order valence-corrected chi connectivity index (χ4v) is 3.73. The molecular formula is C16H23FN4O. The number of likely N-dealkylation sites (tertiary alicyclic amines) is 1. The summed E-state index contributed by atoms with van der Waals surface area (Å²) in [6, 6.07) is 3.75. The summed E-state index contributed by atoms with van der Waals surface area (Å²) in [5.41, 5.74) is -0.0434. The summed E-state index contributed by atoms with van der Waals surface area (Å²) in [4.78, 5) is 13.6. The van der Waals surface area contributed by atoms with Crippen LogP contribution in [0.3, 0.4) is 0 Å². The van der Waals surface area contributed by atoms with Gasteiger partial charge in [0, 0.05) is 18.9 Å². The van der Waals surface area contributed by atoms with Gasteiger partial charge in [0.1, 0.15) is 12.2 Å². The fourth-order valence-electron chi connectivity index (χ4n) is 3.73. The molecule has 1 unspecified atom stereocenters. The van der Waals surface area contributed by atoms with E-state index in [2.05, 4.69) is 25.2 Å². The highest BCUT2D eigenvalue weighted by atomic mass is 19.1. The zero-order valence-electron chi connectivity index (χ0n) is 13.2. The monoisotopic (exact) mass is 306 g/mol. The van der Waals surface area contributed by atoms with E-state index in [1.165, 1.54) is 4.90 Å². The van der Waals surface area contributed by atoms with Gasteiger partial charge in [0.2, 0.25) is 5.91 Å². The van der Waals surface area contributed by atoms with Crippen molar-refractivity contribution in [3.8, 4) is 12.1 Å². The molecular weight excluding hydrogens is 283 g/mol. The van der Waals surface area contributed by atoms with Crippen molar-refractivity contribution in [1.82, 2.24) is 10.2 Å². The first-order valence-electron chi connectivity index (χ1n) is 7.83. The molecule has 120 valence electrons. The molecule has 1 amide bonds. The second kappa shape index (κ2) is 6.62. The smallest absolute Gasteiger partial charge is 0.237 e. The highest BCUT2D eigenvalue weighted by Gasteiger charge is 2.43. The number of carbonyl (C=O) groups excluding carboxylic acids is 1. The number of halogens is 1. The first kappa shape index (κ1) is 16.7. The van der Waals surface area contributed by atoms with E-state index in [1.807, 2.05) is 6.07 Å². The van der Waals surface area contributed by atoms with E-state index in [9.17, 15) is 9.18 Å². The van der Waals surface area contributed by atoms with Crippen molar-refractivity contribution in [2.75, 3.05) is 13.1 Å². The molecule has 5 nitrogen and oxygen atoms in total. The maximum atomic E-state index is 13.4. The summed E-state index contributed by atoms with van der Waals surface area (Å²) in [5.74, 6) is 0.116. The van der Waals surface area contributed by atoms with Crippen LogP contribution in [-0.4, -0.2) is 42.2 Å². The molecule has 2 aliphatic rings. The number of rotatable bonds is 4. The van der Waals surface area contributed by atoms with Crippen LogP contribution < -0.4 is 5.32 Å². The molecule has 4 atom stereocenters. The van der Waals surface area contributed by atoms with Crippen molar-refractivity contribution in [2.45, 2.75) is 57.8 Å². The molecule has 0 aromatic heterocycles. The molecule has 0 bridgehead atoms. The Hall–Kier alpha value is -1.66. The predicted octanol–water partition coefficient (Wildman–Crippen LogP) is 1.76. The molecule has 0 aromatic carbocycles. The van der Waals surface area contributed by atoms with E-state index in [-0.39, 0.29) is 36.9 Å². The zero-order chi connectivity index (χ0) is 16.3. The molecule has 1 heterocycles. The lowest BCUT2D eigenvalue weighted by Gasteiger charge is -2.33. The third-order valence-electron chi connectivity index (χ3n) is 5.31. The summed E-state index contributed by atoms with van der Waals surface area (Å²) < 4.78 is 13.4. The van der Waals surface area contributed by atoms with Crippen LogP contribution in [0.1, 0.15) is 39.5 Å². The van der Waals surface area contributed by atoms with Crippen LogP contribution in [0.25, 0.3) is 0 Å². The van der Waals surface area contributed by atoms with E-state index in [0.717, 1.165) is 12.8 Å². The summed E-state index contributed by atoms with van der Waals surface area (Å²) in [7, 11) is 0. The second-order valence-electron chi connectivity index (χ2n) is 6.92. The number of alkyl halides is 1. The van der Waals surface area contributed by atoms with Crippen LogP contribution in [0.4, 0.5) is 4.39 Å². The third-order valence-corrected chi connectivity index (χ3v) is 5.31. The molecule has 1 aliphatic carbocycles. The highest BCUT2D eigenvalue weighted by Crippen LogP contribution is 2.44. The molecule has 1 saturated carbocycles. The van der Waals surface area contributed by atoms with E-state index < -0.39 is 12.2 Å². The molecule has 1 aliphatic heterocycles. The van der Waals surface area contributed by atoms with Crippen LogP contribution >= 0.6 is 0 Å². The maximum absolute atomic E-state index is 13.4. The van der Waals surface area contributed by atoms with Crippen LogP contribution in [0.5, 0.6) is 0 Å². The molecule has 1 N–H and O–H groups in total. The average Bonchev–Trinajstić information content (AvgIpc) is 2.98. The maximum Gasteiger partial charge on any atom is 0.237 e. The zero-order valence-corrected chi connectivity index (χ0v) is 13.2. The Bertz CT molecular complexity index is 507. The summed E-state index contributed by atoms with van der Waals surface area (Å²) in [6.07, 6.45) is 1.45. The van der Waals surface area contributed by atoms with Gasteiger partial charge in [-0.2, -0.15) is 10.5 Å². The minimum atomic E-state index is -1.10. The Balaban J connectivity index is 1.90. The SMILES string of the molecule is CC1(C)C(CC#N)CC[C@H]1NCC(=O)N1C[C@@H](F)C[C@H]1C#N. The number of nitrogens with one attached hydrogen (secondary N) is 1. The highest BCUT2D eigenvalue weighted by molar-refractivity contribution is 5.79. The van der Waals surface area contributed by atoms with E-state index in [1.54, 1.807) is 0 Å². The van der Waals surface area contributed by atoms with E-state index in [0.29, 0.717) is 12.3 Å². The number of amides is 1. The van der Waals surface area contributed by atoms with Crippen molar-refractivity contribution >= 4 is 5.91 Å². The standard InChI is InChI=1S/C16H23FN4O/c1-16(2)11(5-6-18)3-4-14(16)20-9-15(22)21-10-12(17)7-13(21)8-19/h11-14,20H,3-5,7,9-10H2,1-2H3/t11?,12-,13-,14+/m0/s1. The molecule has 0 radical (unpaired) electrons. The Morgan fingerprint density at radius 2 is 2.14 bits per heavy atom. The van der Waals surface area contributed by atoms with Gasteiger partial charge in [-0.15, -0.1) is 0 Å². The molecule has 2 fully saturated rings. The minimum absolute atomic E-state index is 0.0177.